The van der Waals surface area contributed by atoms with Crippen LogP contribution >= 0.6 is 11.3 Å². The minimum absolute atomic E-state index is 0.184. The molecular formula is C12H19N3O3S. The van der Waals surface area contributed by atoms with Crippen LogP contribution in [0.2, 0.25) is 0 Å². The molecule has 3 N–H and O–H groups in total. The summed E-state index contributed by atoms with van der Waals surface area (Å²) in [5, 5.41) is 16.4. The first-order chi connectivity index (χ1) is 9.11. The van der Waals surface area contributed by atoms with Crippen LogP contribution in [0.4, 0.5) is 9.93 Å². The van der Waals surface area contributed by atoms with E-state index < -0.39 is 5.97 Å². The summed E-state index contributed by atoms with van der Waals surface area (Å²) in [4.78, 5) is 25.9. The second-order valence-electron chi connectivity index (χ2n) is 4.21. The maximum Gasteiger partial charge on any atom is 0.321 e. The van der Waals surface area contributed by atoms with Crippen molar-refractivity contribution in [3.05, 3.63) is 11.6 Å². The second kappa shape index (κ2) is 8.47. The standard InChI is InChI=1S/C12H19N3O3S/c1-2-9(3-4-10(16)17)5-6-13-11(18)15-12-14-7-8-19-12/h7-9H,2-6H2,1H3,(H,16,17)(H2,13,14,15,18). The number of hydrogen-bond donors (Lipinski definition) is 3. The SMILES string of the molecule is CCC(CCNC(=O)Nc1nccs1)CCC(=O)O. The van der Waals surface area contributed by atoms with E-state index in [-0.39, 0.29) is 12.5 Å². The van der Waals surface area contributed by atoms with E-state index >= 15 is 0 Å². The molecule has 1 heterocycles. The van der Waals surface area contributed by atoms with Crippen LogP contribution in [-0.2, 0) is 4.79 Å². The highest BCUT2D eigenvalue weighted by Crippen LogP contribution is 2.14. The number of rotatable bonds is 8. The Hall–Kier alpha value is -1.63. The number of nitrogens with zero attached hydrogens (tertiary/aromatic N) is 1. The predicted octanol–water partition coefficient (Wildman–Crippen LogP) is 2.55. The summed E-state index contributed by atoms with van der Waals surface area (Å²) in [7, 11) is 0. The molecule has 1 unspecified atom stereocenters. The fourth-order valence-electron chi connectivity index (χ4n) is 1.70. The first kappa shape index (κ1) is 15.4. The molecule has 0 saturated carbocycles. The van der Waals surface area contributed by atoms with Gasteiger partial charge in [-0.25, -0.2) is 9.78 Å². The molecule has 1 atom stereocenters. The second-order valence-corrected chi connectivity index (χ2v) is 5.11. The van der Waals surface area contributed by atoms with Crippen LogP contribution in [0, 0.1) is 5.92 Å². The number of nitrogens with one attached hydrogen (secondary N) is 2. The van der Waals surface area contributed by atoms with Crippen molar-refractivity contribution in [2.45, 2.75) is 32.6 Å². The number of hydrogen-bond acceptors (Lipinski definition) is 4. The normalized spacial score (nSPS) is 11.8. The maximum atomic E-state index is 11.5. The number of carboxylic acids is 1. The molecule has 1 aromatic rings. The summed E-state index contributed by atoms with van der Waals surface area (Å²) in [6.45, 7) is 2.57. The Morgan fingerprint density at radius 1 is 1.47 bits per heavy atom. The van der Waals surface area contributed by atoms with Crippen LogP contribution < -0.4 is 10.6 Å². The van der Waals surface area contributed by atoms with Crippen molar-refractivity contribution in [1.29, 1.82) is 0 Å². The van der Waals surface area contributed by atoms with Crippen molar-refractivity contribution in [3.63, 3.8) is 0 Å². The summed E-state index contributed by atoms with van der Waals surface area (Å²) < 4.78 is 0. The van der Waals surface area contributed by atoms with Crippen molar-refractivity contribution in [2.24, 2.45) is 5.92 Å². The highest BCUT2D eigenvalue weighted by Gasteiger charge is 2.10. The third-order valence-corrected chi connectivity index (χ3v) is 3.52. The van der Waals surface area contributed by atoms with Crippen LogP contribution in [0.5, 0.6) is 0 Å². The molecule has 1 rings (SSSR count). The Morgan fingerprint density at radius 3 is 2.84 bits per heavy atom. The van der Waals surface area contributed by atoms with Gasteiger partial charge < -0.3 is 10.4 Å². The highest BCUT2D eigenvalue weighted by atomic mass is 32.1. The van der Waals surface area contributed by atoms with E-state index in [0.29, 0.717) is 24.0 Å². The van der Waals surface area contributed by atoms with Gasteiger partial charge in [-0.3, -0.25) is 10.1 Å². The van der Waals surface area contributed by atoms with Crippen LogP contribution in [-0.4, -0.2) is 28.6 Å². The topological polar surface area (TPSA) is 91.3 Å². The minimum atomic E-state index is -0.770. The summed E-state index contributed by atoms with van der Waals surface area (Å²) in [6, 6.07) is -0.275. The van der Waals surface area contributed by atoms with Crippen LogP contribution in [0.25, 0.3) is 0 Å². The monoisotopic (exact) mass is 285 g/mol. The number of thiazole rings is 1. The minimum Gasteiger partial charge on any atom is -0.481 e. The molecule has 0 aromatic carbocycles. The number of amides is 2. The van der Waals surface area contributed by atoms with Crippen molar-refractivity contribution >= 4 is 28.5 Å². The van der Waals surface area contributed by atoms with Gasteiger partial charge in [0.1, 0.15) is 0 Å². The van der Waals surface area contributed by atoms with Gasteiger partial charge in [-0.1, -0.05) is 13.3 Å². The largest absolute Gasteiger partial charge is 0.481 e. The molecule has 0 fully saturated rings. The van der Waals surface area contributed by atoms with E-state index in [0.717, 1.165) is 12.8 Å². The average Bonchev–Trinajstić information content (AvgIpc) is 2.86. The fraction of sp³-hybridized carbons (Fsp3) is 0.583. The van der Waals surface area contributed by atoms with E-state index in [2.05, 4.69) is 15.6 Å². The van der Waals surface area contributed by atoms with Gasteiger partial charge in [-0.2, -0.15) is 0 Å². The highest BCUT2D eigenvalue weighted by molar-refractivity contribution is 7.13. The van der Waals surface area contributed by atoms with Crippen molar-refractivity contribution < 1.29 is 14.7 Å². The zero-order valence-corrected chi connectivity index (χ0v) is 11.7. The van der Waals surface area contributed by atoms with Gasteiger partial charge >= 0.3 is 12.0 Å². The lowest BCUT2D eigenvalue weighted by atomic mass is 9.97. The molecule has 6 nitrogen and oxygen atoms in total. The summed E-state index contributed by atoms with van der Waals surface area (Å²) >= 11 is 1.36. The number of carboxylic acid groups (broad SMARTS) is 1. The predicted molar refractivity (Wildman–Crippen MR) is 74.4 cm³/mol. The van der Waals surface area contributed by atoms with E-state index in [9.17, 15) is 9.59 Å². The van der Waals surface area contributed by atoms with Gasteiger partial charge in [0.15, 0.2) is 5.13 Å². The molecule has 0 aliphatic heterocycles. The molecule has 106 valence electrons. The third kappa shape index (κ3) is 6.76. The molecule has 0 bridgehead atoms. The summed E-state index contributed by atoms with van der Waals surface area (Å²) in [6.07, 6.45) is 4.17. The molecular weight excluding hydrogens is 266 g/mol. The van der Waals surface area contributed by atoms with E-state index in [1.165, 1.54) is 11.3 Å². The van der Waals surface area contributed by atoms with Gasteiger partial charge in [-0.05, 0) is 18.8 Å². The third-order valence-electron chi connectivity index (χ3n) is 2.83. The number of anilines is 1. The summed E-state index contributed by atoms with van der Waals surface area (Å²) in [5.41, 5.74) is 0. The van der Waals surface area contributed by atoms with Crippen LogP contribution in [0.3, 0.4) is 0 Å². The van der Waals surface area contributed by atoms with Crippen LogP contribution in [0.15, 0.2) is 11.6 Å². The molecule has 0 aliphatic rings. The molecule has 0 radical (unpaired) electrons. The van der Waals surface area contributed by atoms with E-state index in [1.807, 2.05) is 6.92 Å². The van der Waals surface area contributed by atoms with Gasteiger partial charge in [0.2, 0.25) is 0 Å². The molecule has 0 aliphatic carbocycles. The number of urea groups is 1. The van der Waals surface area contributed by atoms with Crippen molar-refractivity contribution in [1.82, 2.24) is 10.3 Å². The Labute approximate surface area is 116 Å². The first-order valence-electron chi connectivity index (χ1n) is 6.28. The Balaban J connectivity index is 2.17. The number of aliphatic carboxylic acids is 1. The summed E-state index contributed by atoms with van der Waals surface area (Å²) in [5.74, 6) is -0.441. The zero-order chi connectivity index (χ0) is 14.1. The number of aromatic nitrogens is 1. The van der Waals surface area contributed by atoms with Crippen molar-refractivity contribution in [2.75, 3.05) is 11.9 Å². The quantitative estimate of drug-likeness (QED) is 0.684. The molecule has 2 amide bonds. The molecule has 1 aromatic heterocycles. The van der Waals surface area contributed by atoms with Gasteiger partial charge in [0, 0.05) is 24.5 Å². The van der Waals surface area contributed by atoms with Gasteiger partial charge in [-0.15, -0.1) is 11.3 Å². The van der Waals surface area contributed by atoms with E-state index in [1.54, 1.807) is 11.6 Å². The molecule has 0 saturated heterocycles. The average molecular weight is 285 g/mol. The van der Waals surface area contributed by atoms with Gasteiger partial charge in [0.25, 0.3) is 0 Å². The number of carbonyl (C=O) groups excluding carboxylic acids is 1. The number of carbonyl (C=O) groups is 2. The zero-order valence-electron chi connectivity index (χ0n) is 10.9. The lowest BCUT2D eigenvalue weighted by molar-refractivity contribution is -0.137. The molecule has 7 heteroatoms. The Kier molecular flexibility index (Phi) is 6.88. The lowest BCUT2D eigenvalue weighted by Gasteiger charge is -2.13. The smallest absolute Gasteiger partial charge is 0.321 e. The Morgan fingerprint density at radius 2 is 2.26 bits per heavy atom. The van der Waals surface area contributed by atoms with E-state index in [4.69, 9.17) is 5.11 Å². The van der Waals surface area contributed by atoms with Crippen molar-refractivity contribution in [3.8, 4) is 0 Å². The first-order valence-corrected chi connectivity index (χ1v) is 7.16. The molecule has 0 spiro atoms. The fourth-order valence-corrected chi connectivity index (χ4v) is 2.22. The van der Waals surface area contributed by atoms with Gasteiger partial charge in [0.05, 0.1) is 0 Å². The maximum absolute atomic E-state index is 11.5. The Bertz CT molecular complexity index is 395. The van der Waals surface area contributed by atoms with Crippen LogP contribution in [0.1, 0.15) is 32.6 Å². The lowest BCUT2D eigenvalue weighted by Crippen LogP contribution is -2.30. The molecule has 19 heavy (non-hydrogen) atoms.